The lowest BCUT2D eigenvalue weighted by Crippen LogP contribution is -2.09. The molecule has 0 saturated heterocycles. The number of phenolic OH excluding ortho intramolecular Hbond substituents is 4. The van der Waals surface area contributed by atoms with Crippen molar-refractivity contribution in [1.82, 2.24) is 19.1 Å². The zero-order valence-electron chi connectivity index (χ0n) is 23.9. The van der Waals surface area contributed by atoms with Gasteiger partial charge in [-0.3, -0.25) is 0 Å². The number of imidazole rings is 2. The van der Waals surface area contributed by atoms with Crippen LogP contribution in [0.3, 0.4) is 0 Å². The summed E-state index contributed by atoms with van der Waals surface area (Å²) in [4.78, 5) is 10.3. The van der Waals surface area contributed by atoms with Crippen LogP contribution in [0.2, 0.25) is 0 Å². The average Bonchev–Trinajstić information content (AvgIpc) is 3.57. The molecule has 0 aliphatic carbocycles. The standard InChI is InChI=1S/C35H32N4O4/c1-3-38-30(36-32(22-5-13-26(40)14-6-22)34(38)24-9-17-28(42)18-10-24)21-31-37-33(23-7-15-27(41)16-8-23)35(39(31)4-2)25-11-19-29(43)20-12-25/h5-20,40-43H,3-4,21H2,1-2H3. The van der Waals surface area contributed by atoms with E-state index in [1.807, 2.05) is 48.5 Å². The fraction of sp³-hybridized carbons (Fsp3) is 0.143. The largest absolute Gasteiger partial charge is 0.508 e. The third kappa shape index (κ3) is 5.30. The Kier molecular flexibility index (Phi) is 7.34. The Morgan fingerprint density at radius 1 is 0.442 bits per heavy atom. The monoisotopic (exact) mass is 572 g/mol. The van der Waals surface area contributed by atoms with Gasteiger partial charge in [0.1, 0.15) is 34.6 Å². The molecule has 6 aromatic rings. The zero-order valence-corrected chi connectivity index (χ0v) is 23.9. The fourth-order valence-corrected chi connectivity index (χ4v) is 5.56. The third-order valence-corrected chi connectivity index (χ3v) is 7.60. The Hall–Kier alpha value is -5.50. The highest BCUT2D eigenvalue weighted by Crippen LogP contribution is 2.38. The molecule has 0 saturated carbocycles. The Morgan fingerprint density at radius 3 is 1.00 bits per heavy atom. The second kappa shape index (κ2) is 11.4. The van der Waals surface area contributed by atoms with Gasteiger partial charge in [0.2, 0.25) is 0 Å². The molecule has 43 heavy (non-hydrogen) atoms. The van der Waals surface area contributed by atoms with E-state index in [-0.39, 0.29) is 23.0 Å². The van der Waals surface area contributed by atoms with Gasteiger partial charge in [0.25, 0.3) is 0 Å². The van der Waals surface area contributed by atoms with E-state index in [0.717, 1.165) is 56.7 Å². The predicted octanol–water partition coefficient (Wildman–Crippen LogP) is 7.20. The molecule has 0 amide bonds. The maximum Gasteiger partial charge on any atom is 0.117 e. The minimum atomic E-state index is 0.179. The van der Waals surface area contributed by atoms with Crippen LogP contribution in [-0.4, -0.2) is 39.5 Å². The van der Waals surface area contributed by atoms with Crippen molar-refractivity contribution in [2.75, 3.05) is 0 Å². The van der Waals surface area contributed by atoms with Gasteiger partial charge in [0.15, 0.2) is 0 Å². The van der Waals surface area contributed by atoms with Crippen molar-refractivity contribution in [3.8, 4) is 68.0 Å². The molecule has 0 spiro atoms. The molecule has 0 aliphatic heterocycles. The van der Waals surface area contributed by atoms with E-state index in [9.17, 15) is 20.4 Å². The Balaban J connectivity index is 1.54. The van der Waals surface area contributed by atoms with Crippen LogP contribution in [0, 0.1) is 0 Å². The van der Waals surface area contributed by atoms with Crippen molar-refractivity contribution >= 4 is 0 Å². The molecule has 0 fully saturated rings. The molecule has 0 radical (unpaired) electrons. The number of hydrogen-bond acceptors (Lipinski definition) is 6. The highest BCUT2D eigenvalue weighted by molar-refractivity contribution is 5.81. The normalized spacial score (nSPS) is 11.2. The summed E-state index contributed by atoms with van der Waals surface area (Å²) in [6.07, 6.45) is 0.439. The Labute approximate surface area is 249 Å². The number of phenols is 4. The molecule has 8 nitrogen and oxygen atoms in total. The summed E-state index contributed by atoms with van der Waals surface area (Å²) in [7, 11) is 0. The molecular weight excluding hydrogens is 540 g/mol. The smallest absolute Gasteiger partial charge is 0.117 e. The number of benzene rings is 4. The van der Waals surface area contributed by atoms with E-state index < -0.39 is 0 Å². The van der Waals surface area contributed by atoms with E-state index in [4.69, 9.17) is 9.97 Å². The van der Waals surface area contributed by atoms with Crippen LogP contribution in [0.5, 0.6) is 23.0 Å². The number of rotatable bonds is 8. The molecule has 0 bridgehead atoms. The molecular formula is C35H32N4O4. The van der Waals surface area contributed by atoms with Crippen LogP contribution >= 0.6 is 0 Å². The van der Waals surface area contributed by atoms with Crippen LogP contribution in [0.25, 0.3) is 45.0 Å². The van der Waals surface area contributed by atoms with E-state index in [1.165, 1.54) is 0 Å². The van der Waals surface area contributed by atoms with Crippen molar-refractivity contribution in [3.63, 3.8) is 0 Å². The maximum absolute atomic E-state index is 9.96. The van der Waals surface area contributed by atoms with Crippen molar-refractivity contribution in [3.05, 3.63) is 109 Å². The molecule has 2 heterocycles. The van der Waals surface area contributed by atoms with Crippen molar-refractivity contribution in [2.45, 2.75) is 33.4 Å². The number of aromatic hydroxyl groups is 4. The number of nitrogens with zero attached hydrogens (tertiary/aromatic N) is 4. The molecule has 0 atom stereocenters. The van der Waals surface area contributed by atoms with Gasteiger partial charge in [-0.15, -0.1) is 0 Å². The molecule has 4 aromatic carbocycles. The fourth-order valence-electron chi connectivity index (χ4n) is 5.56. The second-order valence-corrected chi connectivity index (χ2v) is 10.3. The van der Waals surface area contributed by atoms with Crippen molar-refractivity contribution < 1.29 is 20.4 Å². The summed E-state index contributed by atoms with van der Waals surface area (Å²) in [6.45, 7) is 5.45. The second-order valence-electron chi connectivity index (χ2n) is 10.3. The summed E-state index contributed by atoms with van der Waals surface area (Å²) in [5, 5.41) is 39.8. The molecule has 4 N–H and O–H groups in total. The van der Waals surface area contributed by atoms with E-state index in [1.54, 1.807) is 48.5 Å². The topological polar surface area (TPSA) is 117 Å². The predicted molar refractivity (Wildman–Crippen MR) is 167 cm³/mol. The van der Waals surface area contributed by atoms with Crippen LogP contribution in [0.4, 0.5) is 0 Å². The summed E-state index contributed by atoms with van der Waals surface area (Å²) in [6, 6.07) is 28.2. The van der Waals surface area contributed by atoms with Gasteiger partial charge >= 0.3 is 0 Å². The molecule has 216 valence electrons. The summed E-state index contributed by atoms with van der Waals surface area (Å²) in [5.41, 5.74) is 6.92. The van der Waals surface area contributed by atoms with Crippen LogP contribution in [0.15, 0.2) is 97.1 Å². The van der Waals surface area contributed by atoms with Gasteiger partial charge in [-0.2, -0.15) is 0 Å². The Bertz CT molecular complexity index is 1730. The van der Waals surface area contributed by atoms with Gasteiger partial charge in [-0.1, -0.05) is 0 Å². The first-order valence-electron chi connectivity index (χ1n) is 14.2. The first kappa shape index (κ1) is 27.7. The third-order valence-electron chi connectivity index (χ3n) is 7.60. The quantitative estimate of drug-likeness (QED) is 0.153. The zero-order chi connectivity index (χ0) is 30.1. The van der Waals surface area contributed by atoms with E-state index >= 15 is 0 Å². The first-order chi connectivity index (χ1) is 20.9. The summed E-state index contributed by atoms with van der Waals surface area (Å²) >= 11 is 0. The number of hydrogen-bond donors (Lipinski definition) is 4. The van der Waals surface area contributed by atoms with E-state index in [2.05, 4.69) is 23.0 Å². The van der Waals surface area contributed by atoms with Crippen molar-refractivity contribution in [1.29, 1.82) is 0 Å². The average molecular weight is 573 g/mol. The minimum absolute atomic E-state index is 0.179. The Morgan fingerprint density at radius 2 is 0.721 bits per heavy atom. The molecule has 0 unspecified atom stereocenters. The van der Waals surface area contributed by atoms with Gasteiger partial charge < -0.3 is 29.6 Å². The highest BCUT2D eigenvalue weighted by Gasteiger charge is 2.24. The SMILES string of the molecule is CCn1c(Cc2nc(-c3ccc(O)cc3)c(-c3ccc(O)cc3)n2CC)nc(-c2ccc(O)cc2)c1-c1ccc(O)cc1. The van der Waals surface area contributed by atoms with Crippen LogP contribution in [0.1, 0.15) is 25.5 Å². The lowest BCUT2D eigenvalue weighted by molar-refractivity contribution is 0.475. The van der Waals surface area contributed by atoms with Crippen LogP contribution in [-0.2, 0) is 19.5 Å². The molecule has 8 heteroatoms. The molecule has 6 rings (SSSR count). The minimum Gasteiger partial charge on any atom is -0.508 e. The van der Waals surface area contributed by atoms with Gasteiger partial charge in [0, 0.05) is 35.3 Å². The maximum atomic E-state index is 9.96. The summed E-state index contributed by atoms with van der Waals surface area (Å²) in [5.74, 6) is 2.38. The van der Waals surface area contributed by atoms with Gasteiger partial charge in [0.05, 0.1) is 29.2 Å². The number of aromatic nitrogens is 4. The van der Waals surface area contributed by atoms with Gasteiger partial charge in [-0.05, 0) is 111 Å². The first-order valence-corrected chi connectivity index (χ1v) is 14.2. The lowest BCUT2D eigenvalue weighted by Gasteiger charge is -2.13. The van der Waals surface area contributed by atoms with Gasteiger partial charge in [-0.25, -0.2) is 9.97 Å². The summed E-state index contributed by atoms with van der Waals surface area (Å²) < 4.78 is 4.34. The molecule has 2 aromatic heterocycles. The lowest BCUT2D eigenvalue weighted by atomic mass is 10.0. The molecule has 0 aliphatic rings. The highest BCUT2D eigenvalue weighted by atomic mass is 16.3. The van der Waals surface area contributed by atoms with E-state index in [0.29, 0.717) is 19.5 Å². The van der Waals surface area contributed by atoms with Crippen molar-refractivity contribution in [2.24, 2.45) is 0 Å². The van der Waals surface area contributed by atoms with Crippen LogP contribution < -0.4 is 0 Å².